The van der Waals surface area contributed by atoms with E-state index >= 15 is 0 Å². The Morgan fingerprint density at radius 2 is 2.10 bits per heavy atom. The first kappa shape index (κ1) is 7.08. The number of hydrogen-bond donors (Lipinski definition) is 1. The standard InChI is InChI=1S/C6H10N4/c1-2-5(7)6-9-3-8-4-10-6/h3-5H,2,7H2,1H3. The third-order valence-corrected chi connectivity index (χ3v) is 1.28. The summed E-state index contributed by atoms with van der Waals surface area (Å²) in [7, 11) is 0. The molecule has 54 valence electrons. The Bertz CT molecular complexity index is 186. The lowest BCUT2D eigenvalue weighted by molar-refractivity contribution is 0.642. The third kappa shape index (κ3) is 1.48. The molecule has 0 fully saturated rings. The molecule has 1 aromatic heterocycles. The Labute approximate surface area is 59.5 Å². The minimum absolute atomic E-state index is 0.0528. The summed E-state index contributed by atoms with van der Waals surface area (Å²) in [6.07, 6.45) is 3.76. The second-order valence-electron chi connectivity index (χ2n) is 2.01. The smallest absolute Gasteiger partial charge is 0.148 e. The van der Waals surface area contributed by atoms with Crippen molar-refractivity contribution in [1.29, 1.82) is 0 Å². The minimum Gasteiger partial charge on any atom is -0.321 e. The van der Waals surface area contributed by atoms with Crippen LogP contribution in [-0.2, 0) is 0 Å². The summed E-state index contributed by atoms with van der Waals surface area (Å²) in [6.45, 7) is 1.99. The molecule has 4 nitrogen and oxygen atoms in total. The van der Waals surface area contributed by atoms with Crippen LogP contribution in [0, 0.1) is 0 Å². The summed E-state index contributed by atoms with van der Waals surface area (Å²) in [6, 6.07) is -0.0528. The summed E-state index contributed by atoms with van der Waals surface area (Å²) in [5.41, 5.74) is 5.64. The van der Waals surface area contributed by atoms with Crippen molar-refractivity contribution in [2.45, 2.75) is 19.4 Å². The van der Waals surface area contributed by atoms with Gasteiger partial charge in [0.05, 0.1) is 6.04 Å². The van der Waals surface area contributed by atoms with Gasteiger partial charge in [-0.3, -0.25) is 0 Å². The van der Waals surface area contributed by atoms with Gasteiger partial charge in [0.1, 0.15) is 18.5 Å². The van der Waals surface area contributed by atoms with Gasteiger partial charge in [0.2, 0.25) is 0 Å². The molecular weight excluding hydrogens is 128 g/mol. The van der Waals surface area contributed by atoms with Gasteiger partial charge in [0, 0.05) is 0 Å². The van der Waals surface area contributed by atoms with Crippen molar-refractivity contribution >= 4 is 0 Å². The highest BCUT2D eigenvalue weighted by Crippen LogP contribution is 2.04. The zero-order chi connectivity index (χ0) is 7.40. The average molecular weight is 138 g/mol. The first-order valence-electron chi connectivity index (χ1n) is 3.22. The van der Waals surface area contributed by atoms with E-state index in [1.54, 1.807) is 0 Å². The lowest BCUT2D eigenvalue weighted by Gasteiger charge is -2.03. The normalized spacial score (nSPS) is 13.0. The van der Waals surface area contributed by atoms with Gasteiger partial charge < -0.3 is 5.73 Å². The fourth-order valence-electron chi connectivity index (χ4n) is 0.622. The largest absolute Gasteiger partial charge is 0.321 e. The van der Waals surface area contributed by atoms with Crippen molar-refractivity contribution in [2.75, 3.05) is 0 Å². The summed E-state index contributed by atoms with van der Waals surface area (Å²) in [5.74, 6) is 0.664. The molecule has 1 aromatic rings. The Morgan fingerprint density at radius 3 is 2.60 bits per heavy atom. The van der Waals surface area contributed by atoms with Gasteiger partial charge in [-0.05, 0) is 6.42 Å². The molecule has 0 amide bonds. The van der Waals surface area contributed by atoms with E-state index in [1.165, 1.54) is 12.7 Å². The van der Waals surface area contributed by atoms with E-state index in [1.807, 2.05) is 6.92 Å². The third-order valence-electron chi connectivity index (χ3n) is 1.28. The van der Waals surface area contributed by atoms with E-state index in [0.717, 1.165) is 6.42 Å². The molecule has 0 saturated heterocycles. The summed E-state index contributed by atoms with van der Waals surface area (Å²) < 4.78 is 0. The lowest BCUT2D eigenvalue weighted by atomic mass is 10.2. The quantitative estimate of drug-likeness (QED) is 0.637. The maximum Gasteiger partial charge on any atom is 0.148 e. The molecule has 0 spiro atoms. The monoisotopic (exact) mass is 138 g/mol. The summed E-state index contributed by atoms with van der Waals surface area (Å²) in [5, 5.41) is 0. The minimum atomic E-state index is -0.0528. The maximum atomic E-state index is 5.64. The molecule has 1 rings (SSSR count). The van der Waals surface area contributed by atoms with Crippen molar-refractivity contribution in [3.8, 4) is 0 Å². The number of nitrogens with two attached hydrogens (primary N) is 1. The van der Waals surface area contributed by atoms with Crippen LogP contribution in [0.2, 0.25) is 0 Å². The van der Waals surface area contributed by atoms with Gasteiger partial charge >= 0.3 is 0 Å². The predicted molar refractivity (Wildman–Crippen MR) is 37.0 cm³/mol. The van der Waals surface area contributed by atoms with Crippen molar-refractivity contribution in [2.24, 2.45) is 5.73 Å². The Hall–Kier alpha value is -1.03. The topological polar surface area (TPSA) is 64.7 Å². The Balaban J connectivity index is 2.75. The van der Waals surface area contributed by atoms with Crippen molar-refractivity contribution in [1.82, 2.24) is 15.0 Å². The van der Waals surface area contributed by atoms with Gasteiger partial charge in [-0.1, -0.05) is 6.92 Å². The maximum absolute atomic E-state index is 5.64. The van der Waals surface area contributed by atoms with Gasteiger partial charge in [-0.2, -0.15) is 0 Å². The predicted octanol–water partition coefficient (Wildman–Crippen LogP) is 0.281. The van der Waals surface area contributed by atoms with Gasteiger partial charge in [-0.25, -0.2) is 15.0 Å². The highest BCUT2D eigenvalue weighted by atomic mass is 15.0. The summed E-state index contributed by atoms with van der Waals surface area (Å²) >= 11 is 0. The van der Waals surface area contributed by atoms with E-state index in [-0.39, 0.29) is 6.04 Å². The number of aromatic nitrogens is 3. The molecule has 10 heavy (non-hydrogen) atoms. The van der Waals surface area contributed by atoms with E-state index < -0.39 is 0 Å². The van der Waals surface area contributed by atoms with Gasteiger partial charge in [-0.15, -0.1) is 0 Å². The highest BCUT2D eigenvalue weighted by molar-refractivity contribution is 4.88. The van der Waals surface area contributed by atoms with Crippen LogP contribution in [0.1, 0.15) is 25.2 Å². The van der Waals surface area contributed by atoms with Crippen LogP contribution in [0.3, 0.4) is 0 Å². The van der Waals surface area contributed by atoms with E-state index in [2.05, 4.69) is 15.0 Å². The number of hydrogen-bond acceptors (Lipinski definition) is 4. The molecule has 0 radical (unpaired) electrons. The van der Waals surface area contributed by atoms with E-state index in [9.17, 15) is 0 Å². The fourth-order valence-corrected chi connectivity index (χ4v) is 0.622. The molecule has 1 unspecified atom stereocenters. The average Bonchev–Trinajstić information content (AvgIpc) is 2.05. The molecule has 4 heteroatoms. The Kier molecular flexibility index (Phi) is 2.28. The molecular formula is C6H10N4. The van der Waals surface area contributed by atoms with Crippen molar-refractivity contribution < 1.29 is 0 Å². The van der Waals surface area contributed by atoms with Gasteiger partial charge in [0.25, 0.3) is 0 Å². The van der Waals surface area contributed by atoms with Crippen LogP contribution in [0.25, 0.3) is 0 Å². The number of nitrogens with zero attached hydrogens (tertiary/aromatic N) is 3. The van der Waals surface area contributed by atoms with Crippen LogP contribution < -0.4 is 5.73 Å². The zero-order valence-corrected chi connectivity index (χ0v) is 5.86. The van der Waals surface area contributed by atoms with E-state index in [0.29, 0.717) is 5.82 Å². The highest BCUT2D eigenvalue weighted by Gasteiger charge is 2.03. The molecule has 0 aliphatic heterocycles. The number of rotatable bonds is 2. The molecule has 1 heterocycles. The molecule has 0 aliphatic rings. The van der Waals surface area contributed by atoms with Crippen LogP contribution >= 0.6 is 0 Å². The zero-order valence-electron chi connectivity index (χ0n) is 5.86. The Morgan fingerprint density at radius 1 is 1.50 bits per heavy atom. The van der Waals surface area contributed by atoms with Crippen molar-refractivity contribution in [3.05, 3.63) is 18.5 Å². The summed E-state index contributed by atoms with van der Waals surface area (Å²) in [4.78, 5) is 11.5. The first-order valence-corrected chi connectivity index (χ1v) is 3.22. The molecule has 2 N–H and O–H groups in total. The van der Waals surface area contributed by atoms with Crippen LogP contribution in [-0.4, -0.2) is 15.0 Å². The van der Waals surface area contributed by atoms with Crippen LogP contribution in [0.4, 0.5) is 0 Å². The van der Waals surface area contributed by atoms with Gasteiger partial charge in [0.15, 0.2) is 0 Å². The molecule has 0 aromatic carbocycles. The molecule has 0 saturated carbocycles. The van der Waals surface area contributed by atoms with Crippen LogP contribution in [0.5, 0.6) is 0 Å². The fraction of sp³-hybridized carbons (Fsp3) is 0.500. The van der Waals surface area contributed by atoms with Crippen molar-refractivity contribution in [3.63, 3.8) is 0 Å². The molecule has 1 atom stereocenters. The lowest BCUT2D eigenvalue weighted by Crippen LogP contribution is -2.12. The second-order valence-corrected chi connectivity index (χ2v) is 2.01. The molecule has 0 bridgehead atoms. The first-order chi connectivity index (χ1) is 4.84. The molecule has 0 aliphatic carbocycles. The van der Waals surface area contributed by atoms with E-state index in [4.69, 9.17) is 5.73 Å². The second kappa shape index (κ2) is 3.22. The SMILES string of the molecule is CCC(N)c1ncncn1. The van der Waals surface area contributed by atoms with Crippen LogP contribution in [0.15, 0.2) is 12.7 Å².